The number of amides is 1. The number of nitrogens with two attached hydrogens (primary N) is 1. The lowest BCUT2D eigenvalue weighted by molar-refractivity contribution is -0.141. The number of nitrogens with zero attached hydrogens (tertiary/aromatic N) is 1. The van der Waals surface area contributed by atoms with Crippen molar-refractivity contribution in [3.63, 3.8) is 0 Å². The fourth-order valence-electron chi connectivity index (χ4n) is 2.33. The molecule has 0 bridgehead atoms. The van der Waals surface area contributed by atoms with Crippen LogP contribution in [0.4, 0.5) is 5.82 Å². The Morgan fingerprint density at radius 1 is 1.50 bits per heavy atom. The molecule has 0 radical (unpaired) electrons. The van der Waals surface area contributed by atoms with Crippen LogP contribution in [-0.2, 0) is 17.6 Å². The molecule has 1 heterocycles. The molecule has 1 aliphatic carbocycles. The van der Waals surface area contributed by atoms with E-state index in [-0.39, 0.29) is 0 Å². The summed E-state index contributed by atoms with van der Waals surface area (Å²) in [5.41, 5.74) is 7.85. The maximum Gasteiger partial charge on any atom is 0.306 e. The van der Waals surface area contributed by atoms with Crippen molar-refractivity contribution >= 4 is 17.7 Å². The Morgan fingerprint density at radius 3 is 2.90 bits per heavy atom. The summed E-state index contributed by atoms with van der Waals surface area (Å²) in [6.45, 7) is 2.09. The smallest absolute Gasteiger partial charge is 0.306 e. The molecule has 0 aliphatic heterocycles. The van der Waals surface area contributed by atoms with Gasteiger partial charge in [0.05, 0.1) is 11.5 Å². The first-order chi connectivity index (χ1) is 9.49. The maximum atomic E-state index is 11.5. The molecule has 1 amide bonds. The SMILES string of the molecule is CC(CCNc1nc2c(cc1C(N)=O)CCC2)C(=O)O. The van der Waals surface area contributed by atoms with Crippen LogP contribution in [0.1, 0.15) is 41.4 Å². The van der Waals surface area contributed by atoms with Crippen LogP contribution in [0.25, 0.3) is 0 Å². The van der Waals surface area contributed by atoms with Gasteiger partial charge in [-0.1, -0.05) is 6.92 Å². The lowest BCUT2D eigenvalue weighted by atomic mass is 10.1. The van der Waals surface area contributed by atoms with Gasteiger partial charge in [-0.05, 0) is 37.3 Å². The summed E-state index contributed by atoms with van der Waals surface area (Å²) < 4.78 is 0. The van der Waals surface area contributed by atoms with E-state index in [9.17, 15) is 9.59 Å². The van der Waals surface area contributed by atoms with Crippen LogP contribution < -0.4 is 11.1 Å². The third-order valence-electron chi connectivity index (χ3n) is 3.61. The number of fused-ring (bicyclic) bond motifs is 1. The number of carbonyl (C=O) groups is 2. The van der Waals surface area contributed by atoms with Gasteiger partial charge in [-0.3, -0.25) is 9.59 Å². The van der Waals surface area contributed by atoms with E-state index in [1.807, 2.05) is 0 Å². The van der Waals surface area contributed by atoms with Crippen LogP contribution in [0.2, 0.25) is 0 Å². The molecule has 0 aromatic carbocycles. The summed E-state index contributed by atoms with van der Waals surface area (Å²) in [6, 6.07) is 1.81. The Morgan fingerprint density at radius 2 is 2.25 bits per heavy atom. The Labute approximate surface area is 117 Å². The van der Waals surface area contributed by atoms with E-state index < -0.39 is 17.8 Å². The molecule has 108 valence electrons. The van der Waals surface area contributed by atoms with E-state index in [0.717, 1.165) is 30.5 Å². The fourth-order valence-corrected chi connectivity index (χ4v) is 2.33. The van der Waals surface area contributed by atoms with E-state index in [2.05, 4.69) is 10.3 Å². The zero-order valence-electron chi connectivity index (χ0n) is 11.5. The zero-order valence-corrected chi connectivity index (χ0v) is 11.5. The summed E-state index contributed by atoms with van der Waals surface area (Å²) in [6.07, 6.45) is 3.35. The molecular weight excluding hydrogens is 258 g/mol. The summed E-state index contributed by atoms with van der Waals surface area (Å²) >= 11 is 0. The molecule has 20 heavy (non-hydrogen) atoms. The van der Waals surface area contributed by atoms with Crippen molar-refractivity contribution in [1.29, 1.82) is 0 Å². The van der Waals surface area contributed by atoms with Crippen LogP contribution in [0.15, 0.2) is 6.07 Å². The summed E-state index contributed by atoms with van der Waals surface area (Å²) in [5, 5.41) is 11.9. The molecule has 6 heteroatoms. The molecule has 1 aromatic rings. The molecule has 0 saturated heterocycles. The predicted octanol–water partition coefficient (Wildman–Crippen LogP) is 1.19. The van der Waals surface area contributed by atoms with E-state index in [1.165, 1.54) is 0 Å². The second kappa shape index (κ2) is 5.90. The van der Waals surface area contributed by atoms with E-state index >= 15 is 0 Å². The number of carboxylic acid groups (broad SMARTS) is 1. The molecular formula is C14H19N3O3. The van der Waals surface area contributed by atoms with Gasteiger partial charge in [-0.15, -0.1) is 0 Å². The van der Waals surface area contributed by atoms with Crippen molar-refractivity contribution < 1.29 is 14.7 Å². The van der Waals surface area contributed by atoms with Gasteiger partial charge in [0.15, 0.2) is 0 Å². The molecule has 1 atom stereocenters. The summed E-state index contributed by atoms with van der Waals surface area (Å²) in [5.74, 6) is -1.31. The van der Waals surface area contributed by atoms with Gasteiger partial charge in [0.1, 0.15) is 5.82 Å². The van der Waals surface area contributed by atoms with Crippen molar-refractivity contribution in [2.45, 2.75) is 32.6 Å². The van der Waals surface area contributed by atoms with Crippen LogP contribution in [0, 0.1) is 5.92 Å². The second-order valence-electron chi connectivity index (χ2n) is 5.16. The number of aryl methyl sites for hydroxylation is 2. The van der Waals surface area contributed by atoms with E-state index in [4.69, 9.17) is 10.8 Å². The zero-order chi connectivity index (χ0) is 14.7. The molecule has 0 fully saturated rings. The number of pyridine rings is 1. The van der Waals surface area contributed by atoms with Crippen molar-refractivity contribution in [1.82, 2.24) is 4.98 Å². The van der Waals surface area contributed by atoms with Gasteiger partial charge < -0.3 is 16.2 Å². The standard InChI is InChI=1S/C14H19N3O3/c1-8(14(19)20)5-6-16-13-10(12(15)18)7-9-3-2-4-11(9)17-13/h7-8H,2-6H2,1H3,(H2,15,18)(H,16,17)(H,19,20). The van der Waals surface area contributed by atoms with E-state index in [1.54, 1.807) is 13.0 Å². The fraction of sp³-hybridized carbons (Fsp3) is 0.500. The second-order valence-corrected chi connectivity index (χ2v) is 5.16. The molecule has 2 rings (SSSR count). The number of aromatic nitrogens is 1. The van der Waals surface area contributed by atoms with Gasteiger partial charge in [0.2, 0.25) is 0 Å². The van der Waals surface area contributed by atoms with Crippen LogP contribution in [0.3, 0.4) is 0 Å². The quantitative estimate of drug-likeness (QED) is 0.724. The Kier molecular flexibility index (Phi) is 4.22. The Hall–Kier alpha value is -2.11. The van der Waals surface area contributed by atoms with Gasteiger partial charge in [0.25, 0.3) is 5.91 Å². The number of primary amides is 1. The number of hydrogen-bond acceptors (Lipinski definition) is 4. The van der Waals surface area contributed by atoms with Gasteiger partial charge in [-0.2, -0.15) is 0 Å². The highest BCUT2D eigenvalue weighted by molar-refractivity contribution is 5.97. The molecule has 0 spiro atoms. The van der Waals surface area contributed by atoms with Crippen LogP contribution >= 0.6 is 0 Å². The molecule has 1 unspecified atom stereocenters. The Bertz CT molecular complexity index is 543. The highest BCUT2D eigenvalue weighted by Crippen LogP contribution is 2.25. The lowest BCUT2D eigenvalue weighted by Gasteiger charge is -2.12. The first-order valence-corrected chi connectivity index (χ1v) is 6.78. The molecule has 4 N–H and O–H groups in total. The normalized spacial score (nSPS) is 14.7. The highest BCUT2D eigenvalue weighted by atomic mass is 16.4. The number of carbonyl (C=O) groups excluding carboxylic acids is 1. The molecule has 6 nitrogen and oxygen atoms in total. The third-order valence-corrected chi connectivity index (χ3v) is 3.61. The summed E-state index contributed by atoms with van der Waals surface area (Å²) in [7, 11) is 0. The highest BCUT2D eigenvalue weighted by Gasteiger charge is 2.19. The van der Waals surface area contributed by atoms with Crippen molar-refractivity contribution in [2.75, 3.05) is 11.9 Å². The average molecular weight is 277 g/mol. The van der Waals surface area contributed by atoms with Crippen molar-refractivity contribution in [3.05, 3.63) is 22.9 Å². The maximum absolute atomic E-state index is 11.5. The molecule has 1 aliphatic rings. The average Bonchev–Trinajstić information content (AvgIpc) is 2.84. The topological polar surface area (TPSA) is 105 Å². The van der Waals surface area contributed by atoms with Crippen molar-refractivity contribution in [3.8, 4) is 0 Å². The molecule has 0 saturated carbocycles. The Balaban J connectivity index is 2.10. The molecule has 1 aromatic heterocycles. The van der Waals surface area contributed by atoms with Crippen LogP contribution in [0.5, 0.6) is 0 Å². The third kappa shape index (κ3) is 3.07. The largest absolute Gasteiger partial charge is 0.481 e. The van der Waals surface area contributed by atoms with Crippen molar-refractivity contribution in [2.24, 2.45) is 11.7 Å². The lowest BCUT2D eigenvalue weighted by Crippen LogP contribution is -2.19. The minimum absolute atomic E-state index is 0.383. The monoisotopic (exact) mass is 277 g/mol. The number of carboxylic acids is 1. The number of nitrogens with one attached hydrogen (secondary N) is 1. The van der Waals surface area contributed by atoms with E-state index in [0.29, 0.717) is 24.3 Å². The van der Waals surface area contributed by atoms with Gasteiger partial charge in [-0.25, -0.2) is 4.98 Å². The number of aliphatic carboxylic acids is 1. The van der Waals surface area contributed by atoms with Crippen LogP contribution in [-0.4, -0.2) is 28.5 Å². The number of anilines is 1. The summed E-state index contributed by atoms with van der Waals surface area (Å²) in [4.78, 5) is 26.7. The van der Waals surface area contributed by atoms with Gasteiger partial charge >= 0.3 is 5.97 Å². The number of rotatable bonds is 6. The first kappa shape index (κ1) is 14.3. The number of hydrogen-bond donors (Lipinski definition) is 3. The minimum Gasteiger partial charge on any atom is -0.481 e. The first-order valence-electron chi connectivity index (χ1n) is 6.78. The van der Waals surface area contributed by atoms with Gasteiger partial charge in [0, 0.05) is 12.2 Å². The predicted molar refractivity (Wildman–Crippen MR) is 74.7 cm³/mol. The minimum atomic E-state index is -0.830.